The molecular formula is C17H20N2OS. The van der Waals surface area contributed by atoms with E-state index in [4.69, 9.17) is 5.73 Å². The van der Waals surface area contributed by atoms with Crippen LogP contribution in [0.1, 0.15) is 31.6 Å². The van der Waals surface area contributed by atoms with Gasteiger partial charge in [-0.05, 0) is 58.8 Å². The van der Waals surface area contributed by atoms with Crippen molar-refractivity contribution in [2.45, 2.75) is 32.2 Å². The fourth-order valence-corrected chi connectivity index (χ4v) is 5.10. The van der Waals surface area contributed by atoms with Gasteiger partial charge in [-0.3, -0.25) is 4.79 Å². The van der Waals surface area contributed by atoms with E-state index in [0.29, 0.717) is 11.3 Å². The molecule has 1 aliphatic heterocycles. The summed E-state index contributed by atoms with van der Waals surface area (Å²) >= 11 is 1.57. The molecule has 4 heteroatoms. The summed E-state index contributed by atoms with van der Waals surface area (Å²) in [6.07, 6.45) is 6.49. The highest BCUT2D eigenvalue weighted by atomic mass is 32.1. The lowest BCUT2D eigenvalue weighted by atomic mass is 9.46. The minimum atomic E-state index is -0.860. The molecule has 3 nitrogen and oxygen atoms in total. The molecule has 0 radical (unpaired) electrons. The van der Waals surface area contributed by atoms with Gasteiger partial charge in [0.1, 0.15) is 0 Å². The minimum Gasteiger partial charge on any atom is -0.370 e. The molecule has 2 heterocycles. The van der Waals surface area contributed by atoms with E-state index in [-0.39, 0.29) is 5.91 Å². The first-order chi connectivity index (χ1) is 9.95. The summed E-state index contributed by atoms with van der Waals surface area (Å²) in [6.45, 7) is 4.72. The molecule has 110 valence electrons. The predicted octanol–water partition coefficient (Wildman–Crippen LogP) is 2.91. The van der Waals surface area contributed by atoms with Gasteiger partial charge in [0.25, 0.3) is 5.91 Å². The van der Waals surface area contributed by atoms with Crippen molar-refractivity contribution >= 4 is 17.2 Å². The van der Waals surface area contributed by atoms with E-state index < -0.39 is 5.54 Å². The number of dihydropyridines is 1. The van der Waals surface area contributed by atoms with Gasteiger partial charge < -0.3 is 11.1 Å². The highest BCUT2D eigenvalue weighted by molar-refractivity contribution is 7.10. The average Bonchev–Trinajstić information content (AvgIpc) is 3.00. The second kappa shape index (κ2) is 4.01. The van der Waals surface area contributed by atoms with Crippen molar-refractivity contribution in [3.05, 3.63) is 45.8 Å². The van der Waals surface area contributed by atoms with E-state index in [1.54, 1.807) is 11.3 Å². The van der Waals surface area contributed by atoms with Crippen LogP contribution >= 0.6 is 11.3 Å². The molecule has 3 fully saturated rings. The molecule has 0 saturated heterocycles. The summed E-state index contributed by atoms with van der Waals surface area (Å²) in [7, 11) is 0. The second-order valence-corrected chi connectivity index (χ2v) is 8.02. The number of allylic oxidation sites excluding steroid dienone is 2. The van der Waals surface area contributed by atoms with Gasteiger partial charge >= 0.3 is 0 Å². The Hall–Kier alpha value is -1.55. The van der Waals surface area contributed by atoms with Crippen molar-refractivity contribution in [1.82, 2.24) is 5.32 Å². The number of hydrogen-bond acceptors (Lipinski definition) is 3. The van der Waals surface area contributed by atoms with E-state index in [0.717, 1.165) is 17.2 Å². The number of rotatable bonds is 2. The molecular weight excluding hydrogens is 280 g/mol. The van der Waals surface area contributed by atoms with Crippen molar-refractivity contribution in [3.63, 3.8) is 0 Å². The molecule has 5 rings (SSSR count). The van der Waals surface area contributed by atoms with Crippen LogP contribution in [0.2, 0.25) is 0 Å². The van der Waals surface area contributed by atoms with Crippen LogP contribution in [0.25, 0.3) is 0 Å². The van der Waals surface area contributed by atoms with E-state index in [9.17, 15) is 4.79 Å². The summed E-state index contributed by atoms with van der Waals surface area (Å²) in [4.78, 5) is 13.1. The Morgan fingerprint density at radius 2 is 2.29 bits per heavy atom. The standard InChI is InChI=1S/C17H20N2OS/c1-16(2)11-6-10-8-17(15(18)20,14-4-3-5-21-14)19-9-12(10)13(16)7-11/h3-5,8-9,11,13,19H,6-7H2,1-2H3,(H2,18,20)/t11-,13-,17?/m1/s1. The lowest BCUT2D eigenvalue weighted by Gasteiger charge is -2.59. The van der Waals surface area contributed by atoms with E-state index in [1.807, 2.05) is 17.5 Å². The summed E-state index contributed by atoms with van der Waals surface area (Å²) < 4.78 is 0. The molecule has 3 saturated carbocycles. The Balaban J connectivity index is 1.78. The van der Waals surface area contributed by atoms with Crippen molar-refractivity contribution in [1.29, 1.82) is 0 Å². The third-order valence-electron chi connectivity index (χ3n) is 5.83. The van der Waals surface area contributed by atoms with Crippen LogP contribution in [0.4, 0.5) is 0 Å². The van der Waals surface area contributed by atoms with Gasteiger partial charge in [-0.2, -0.15) is 0 Å². The van der Waals surface area contributed by atoms with Crippen LogP contribution in [0.3, 0.4) is 0 Å². The molecule has 0 spiro atoms. The van der Waals surface area contributed by atoms with Crippen molar-refractivity contribution in [2.75, 3.05) is 0 Å². The van der Waals surface area contributed by atoms with Gasteiger partial charge in [-0.1, -0.05) is 19.9 Å². The minimum absolute atomic E-state index is 0.328. The van der Waals surface area contributed by atoms with Crippen molar-refractivity contribution in [2.24, 2.45) is 23.0 Å². The maximum absolute atomic E-state index is 12.2. The number of amides is 1. The van der Waals surface area contributed by atoms with Crippen LogP contribution in [-0.4, -0.2) is 5.91 Å². The third kappa shape index (κ3) is 1.57. The van der Waals surface area contributed by atoms with Gasteiger partial charge in [-0.15, -0.1) is 11.3 Å². The van der Waals surface area contributed by atoms with Crippen LogP contribution in [0, 0.1) is 17.3 Å². The van der Waals surface area contributed by atoms with E-state index in [1.165, 1.54) is 17.6 Å². The van der Waals surface area contributed by atoms with Gasteiger partial charge in [0, 0.05) is 11.1 Å². The first-order valence-corrected chi connectivity index (χ1v) is 8.37. The van der Waals surface area contributed by atoms with Crippen molar-refractivity contribution < 1.29 is 4.79 Å². The predicted molar refractivity (Wildman–Crippen MR) is 84.5 cm³/mol. The smallest absolute Gasteiger partial charge is 0.252 e. The quantitative estimate of drug-likeness (QED) is 0.882. The number of hydrogen-bond donors (Lipinski definition) is 2. The van der Waals surface area contributed by atoms with Crippen molar-refractivity contribution in [3.8, 4) is 0 Å². The van der Waals surface area contributed by atoms with Gasteiger partial charge in [0.15, 0.2) is 5.54 Å². The second-order valence-electron chi connectivity index (χ2n) is 7.07. The van der Waals surface area contributed by atoms with Crippen LogP contribution in [0.15, 0.2) is 40.9 Å². The Morgan fingerprint density at radius 3 is 2.90 bits per heavy atom. The molecule has 3 N–H and O–H groups in total. The molecule has 1 aromatic heterocycles. The summed E-state index contributed by atoms with van der Waals surface area (Å²) in [5, 5.41) is 5.31. The highest BCUT2D eigenvalue weighted by Crippen LogP contribution is 2.63. The van der Waals surface area contributed by atoms with Gasteiger partial charge in [-0.25, -0.2) is 0 Å². The topological polar surface area (TPSA) is 55.1 Å². The molecule has 3 aliphatic carbocycles. The maximum atomic E-state index is 12.2. The van der Waals surface area contributed by atoms with Crippen LogP contribution in [0.5, 0.6) is 0 Å². The molecule has 4 aliphatic rings. The lowest BCUT2D eigenvalue weighted by Crippen LogP contribution is -2.55. The van der Waals surface area contributed by atoms with E-state index in [2.05, 4.69) is 31.4 Å². The number of carbonyl (C=O) groups is 1. The molecule has 1 unspecified atom stereocenters. The fraction of sp³-hybridized carbons (Fsp3) is 0.471. The molecule has 21 heavy (non-hydrogen) atoms. The number of nitrogens with one attached hydrogen (secondary N) is 1. The summed E-state index contributed by atoms with van der Waals surface area (Å²) in [5.74, 6) is 1.02. The normalized spacial score (nSPS) is 35.7. The Labute approximate surface area is 128 Å². The summed E-state index contributed by atoms with van der Waals surface area (Å²) in [6, 6.07) is 3.94. The Bertz CT molecular complexity index is 671. The SMILES string of the molecule is CC1(C)[C@@H]2CC3=CC(C(N)=O)(c4cccs4)NC=C3[C@H]1C2. The van der Waals surface area contributed by atoms with Gasteiger partial charge in [0.2, 0.25) is 0 Å². The Kier molecular flexibility index (Phi) is 2.51. The zero-order valence-corrected chi connectivity index (χ0v) is 13.2. The first kappa shape index (κ1) is 13.1. The number of nitrogens with two attached hydrogens (primary N) is 1. The monoisotopic (exact) mass is 300 g/mol. The number of thiophene rings is 1. The zero-order chi connectivity index (χ0) is 14.8. The van der Waals surface area contributed by atoms with E-state index >= 15 is 0 Å². The maximum Gasteiger partial charge on any atom is 0.252 e. The van der Waals surface area contributed by atoms with Gasteiger partial charge in [0.05, 0.1) is 0 Å². The third-order valence-corrected chi connectivity index (χ3v) is 6.83. The molecule has 1 amide bonds. The fourth-order valence-electron chi connectivity index (χ4n) is 4.24. The van der Waals surface area contributed by atoms with Crippen LogP contribution < -0.4 is 11.1 Å². The Morgan fingerprint density at radius 1 is 1.48 bits per heavy atom. The summed E-state index contributed by atoms with van der Waals surface area (Å²) in [5.41, 5.74) is 7.98. The number of carbonyl (C=O) groups excluding carboxylic acids is 1. The first-order valence-electron chi connectivity index (χ1n) is 7.49. The number of primary amides is 1. The molecule has 3 atom stereocenters. The molecule has 1 aromatic rings. The molecule has 2 bridgehead atoms. The van der Waals surface area contributed by atoms with Crippen LogP contribution in [-0.2, 0) is 10.3 Å². The highest BCUT2D eigenvalue weighted by Gasteiger charge is 2.55. The average molecular weight is 300 g/mol. The lowest BCUT2D eigenvalue weighted by molar-refractivity contribution is -0.122. The molecule has 0 aromatic carbocycles. The largest absolute Gasteiger partial charge is 0.370 e. The zero-order valence-electron chi connectivity index (χ0n) is 12.3.